The van der Waals surface area contributed by atoms with E-state index in [4.69, 9.17) is 0 Å². The Morgan fingerprint density at radius 2 is 1.03 bits per heavy atom. The third kappa shape index (κ3) is 5.82. The zero-order valence-corrected chi connectivity index (χ0v) is 21.4. The molecule has 32 heavy (non-hydrogen) atoms. The van der Waals surface area contributed by atoms with E-state index in [1.54, 1.807) is 0 Å². The average molecular weight is 455 g/mol. The van der Waals surface area contributed by atoms with Gasteiger partial charge in [0.15, 0.2) is 0 Å². The minimum Gasteiger partial charge on any atom is -0.351 e. The minimum absolute atomic E-state index is 0.0387. The van der Waals surface area contributed by atoms with E-state index in [0.717, 1.165) is 25.7 Å². The van der Waals surface area contributed by atoms with Crippen molar-refractivity contribution in [1.29, 1.82) is 0 Å². The molecule has 8 heteroatoms. The molecule has 0 spiro atoms. The maximum absolute atomic E-state index is 12.5. The molecule has 0 aromatic rings. The Hall–Kier alpha value is -1.22. The molecule has 2 amide bonds. The maximum atomic E-state index is 12.5. The lowest BCUT2D eigenvalue weighted by Crippen LogP contribution is -2.67. The van der Waals surface area contributed by atoms with E-state index in [2.05, 4.69) is 10.6 Å². The highest BCUT2D eigenvalue weighted by molar-refractivity contribution is 5.77. The van der Waals surface area contributed by atoms with Gasteiger partial charge in [-0.25, -0.2) is 0 Å². The number of nitrogens with zero attached hydrogens (tertiary/aromatic N) is 2. The van der Waals surface area contributed by atoms with Crippen molar-refractivity contribution in [3.63, 3.8) is 0 Å². The van der Waals surface area contributed by atoms with Crippen molar-refractivity contribution >= 4 is 11.8 Å². The molecule has 2 aliphatic rings. The van der Waals surface area contributed by atoms with Crippen LogP contribution >= 0.6 is 0 Å². The highest BCUT2D eigenvalue weighted by atomic mass is 16.5. The second kappa shape index (κ2) is 9.57. The zero-order valence-electron chi connectivity index (χ0n) is 21.4. The predicted molar refractivity (Wildman–Crippen MR) is 124 cm³/mol. The molecule has 2 fully saturated rings. The number of hydrogen-bond donors (Lipinski definition) is 4. The van der Waals surface area contributed by atoms with Gasteiger partial charge < -0.3 is 21.0 Å². The first-order valence-corrected chi connectivity index (χ1v) is 12.1. The first-order chi connectivity index (χ1) is 14.5. The smallest absolute Gasteiger partial charge is 0.220 e. The molecule has 0 aromatic heterocycles. The summed E-state index contributed by atoms with van der Waals surface area (Å²) in [5.41, 5.74) is -1.71. The first-order valence-electron chi connectivity index (χ1n) is 12.1. The average Bonchev–Trinajstić information content (AvgIpc) is 2.68. The van der Waals surface area contributed by atoms with Gasteiger partial charge in [0.25, 0.3) is 0 Å². The fourth-order valence-corrected chi connectivity index (χ4v) is 5.37. The minimum atomic E-state index is -0.542. The lowest BCUT2D eigenvalue weighted by molar-refractivity contribution is -0.249. The molecule has 4 N–H and O–H groups in total. The van der Waals surface area contributed by atoms with Crippen molar-refractivity contribution in [2.45, 2.75) is 141 Å². The van der Waals surface area contributed by atoms with Crippen LogP contribution in [0.5, 0.6) is 0 Å². The van der Waals surface area contributed by atoms with Crippen LogP contribution in [0.25, 0.3) is 0 Å². The van der Waals surface area contributed by atoms with Gasteiger partial charge in [0.05, 0.1) is 11.1 Å². The number of hydrogen-bond acceptors (Lipinski definition) is 6. The van der Waals surface area contributed by atoms with Gasteiger partial charge in [0.1, 0.15) is 0 Å². The number of amides is 2. The largest absolute Gasteiger partial charge is 0.351 e. The van der Waals surface area contributed by atoms with E-state index in [1.165, 1.54) is 10.1 Å². The molecular weight excluding hydrogens is 408 g/mol. The van der Waals surface area contributed by atoms with Crippen molar-refractivity contribution in [3.8, 4) is 0 Å². The van der Waals surface area contributed by atoms with Crippen LogP contribution in [0.15, 0.2) is 0 Å². The number of carbonyl (C=O) groups is 2. The highest BCUT2D eigenvalue weighted by Gasteiger charge is 2.48. The Labute approximate surface area is 194 Å². The number of rotatable bonds is 7. The molecule has 2 rings (SSSR count). The molecule has 0 saturated carbocycles. The van der Waals surface area contributed by atoms with Crippen molar-refractivity contribution in [2.24, 2.45) is 0 Å². The third-order valence-electron chi connectivity index (χ3n) is 7.76. The Kier molecular flexibility index (Phi) is 8.08. The number of carbonyl (C=O) groups excluding carboxylic acids is 2. The van der Waals surface area contributed by atoms with E-state index >= 15 is 0 Å². The Morgan fingerprint density at radius 3 is 1.34 bits per heavy atom. The van der Waals surface area contributed by atoms with E-state index in [-0.39, 0.29) is 35.0 Å². The Morgan fingerprint density at radius 1 is 0.719 bits per heavy atom. The van der Waals surface area contributed by atoms with Gasteiger partial charge >= 0.3 is 0 Å². The Balaban J connectivity index is 1.73. The third-order valence-corrected chi connectivity index (χ3v) is 7.76. The first kappa shape index (κ1) is 27.0. The number of unbranched alkanes of at least 4 members (excludes halogenated alkanes) is 1. The standard InChI is InChI=1S/C24H46N4O4/c1-21(2)15-13-17(23(5,6)27(21)31)25-19(29)11-9-10-12-20(30)26-18-14-16-22(3,4)28(32)24(18,7)8/h17-18,31-32H,9-16H2,1-8H3,(H,25,29)(H,26,30). The second-order valence-electron chi connectivity index (χ2n) is 12.1. The van der Waals surface area contributed by atoms with E-state index in [0.29, 0.717) is 25.7 Å². The van der Waals surface area contributed by atoms with Crippen LogP contribution in [0.1, 0.15) is 107 Å². The number of piperidine rings is 2. The zero-order chi connectivity index (χ0) is 24.5. The van der Waals surface area contributed by atoms with Crippen molar-refractivity contribution in [3.05, 3.63) is 0 Å². The fraction of sp³-hybridized carbons (Fsp3) is 0.917. The molecular formula is C24H46N4O4. The molecule has 0 aromatic carbocycles. The molecule has 2 atom stereocenters. The molecule has 2 heterocycles. The van der Waals surface area contributed by atoms with Crippen LogP contribution in [0.2, 0.25) is 0 Å². The number of hydroxylamine groups is 4. The van der Waals surface area contributed by atoms with Gasteiger partial charge in [-0.1, -0.05) is 0 Å². The van der Waals surface area contributed by atoms with Gasteiger partial charge in [-0.05, 0) is 93.9 Å². The topological polar surface area (TPSA) is 105 Å². The lowest BCUT2D eigenvalue weighted by Gasteiger charge is -2.52. The van der Waals surface area contributed by atoms with Gasteiger partial charge in [0, 0.05) is 36.0 Å². The molecule has 8 nitrogen and oxygen atoms in total. The van der Waals surface area contributed by atoms with Crippen LogP contribution in [0.3, 0.4) is 0 Å². The molecule has 0 aliphatic carbocycles. The van der Waals surface area contributed by atoms with Gasteiger partial charge in [0.2, 0.25) is 11.8 Å². The van der Waals surface area contributed by atoms with Gasteiger partial charge in [-0.2, -0.15) is 10.1 Å². The monoisotopic (exact) mass is 454 g/mol. The summed E-state index contributed by atoms with van der Waals surface area (Å²) in [4.78, 5) is 24.9. The maximum Gasteiger partial charge on any atom is 0.220 e. The molecule has 2 unspecified atom stereocenters. The van der Waals surface area contributed by atoms with Crippen molar-refractivity contribution in [1.82, 2.24) is 20.8 Å². The van der Waals surface area contributed by atoms with Crippen LogP contribution in [0.4, 0.5) is 0 Å². The van der Waals surface area contributed by atoms with Crippen LogP contribution in [-0.4, -0.2) is 66.6 Å². The lowest BCUT2D eigenvalue weighted by atomic mass is 9.78. The summed E-state index contributed by atoms with van der Waals surface area (Å²) in [5.74, 6) is -0.0775. The summed E-state index contributed by atoms with van der Waals surface area (Å²) in [6.07, 6.45) is 5.24. The normalized spacial score (nSPS) is 29.3. The van der Waals surface area contributed by atoms with Crippen LogP contribution < -0.4 is 10.6 Å². The summed E-state index contributed by atoms with van der Waals surface area (Å²) in [7, 11) is 0. The molecule has 0 bridgehead atoms. The van der Waals surface area contributed by atoms with Crippen molar-refractivity contribution < 1.29 is 20.0 Å². The Bertz CT molecular complexity index is 631. The van der Waals surface area contributed by atoms with Crippen molar-refractivity contribution in [2.75, 3.05) is 0 Å². The molecule has 186 valence electrons. The second-order valence-corrected chi connectivity index (χ2v) is 12.1. The quantitative estimate of drug-likeness (QED) is 0.438. The molecule has 2 saturated heterocycles. The SMILES string of the molecule is CC1(C)CCC(NC(=O)CCCCC(=O)NC2CCC(C)(C)N(O)C2(C)C)C(C)(C)N1O. The van der Waals surface area contributed by atoms with E-state index in [9.17, 15) is 20.0 Å². The summed E-state index contributed by atoms with van der Waals surface area (Å²) in [6, 6.07) is -0.230. The fourth-order valence-electron chi connectivity index (χ4n) is 5.37. The van der Waals surface area contributed by atoms with E-state index in [1.807, 2.05) is 55.4 Å². The summed E-state index contributed by atoms with van der Waals surface area (Å²) < 4.78 is 0. The highest BCUT2D eigenvalue weighted by Crippen LogP contribution is 2.37. The molecule has 2 aliphatic heterocycles. The van der Waals surface area contributed by atoms with Gasteiger partial charge in [-0.3, -0.25) is 9.59 Å². The van der Waals surface area contributed by atoms with Gasteiger partial charge in [-0.15, -0.1) is 0 Å². The number of nitrogens with one attached hydrogen (secondary N) is 2. The predicted octanol–water partition coefficient (Wildman–Crippen LogP) is 3.60. The van der Waals surface area contributed by atoms with E-state index < -0.39 is 11.1 Å². The van der Waals surface area contributed by atoms with Crippen LogP contribution in [-0.2, 0) is 9.59 Å². The van der Waals surface area contributed by atoms with Crippen LogP contribution in [0, 0.1) is 0 Å². The summed E-state index contributed by atoms with van der Waals surface area (Å²) >= 11 is 0. The summed E-state index contributed by atoms with van der Waals surface area (Å²) in [5, 5.41) is 30.0. The molecule has 0 radical (unpaired) electrons. The summed E-state index contributed by atoms with van der Waals surface area (Å²) in [6.45, 7) is 15.8.